The summed E-state index contributed by atoms with van der Waals surface area (Å²) < 4.78 is 5.69. The van der Waals surface area contributed by atoms with E-state index in [4.69, 9.17) is 10.2 Å². The lowest BCUT2D eigenvalue weighted by atomic mass is 9.76. The Morgan fingerprint density at radius 2 is 2.10 bits per heavy atom. The number of carbonyl (C=O) groups is 1. The van der Waals surface area contributed by atoms with E-state index in [1.165, 1.54) is 25.9 Å². The lowest BCUT2D eigenvalue weighted by molar-refractivity contribution is 0.0433. The molecule has 0 amide bonds. The van der Waals surface area contributed by atoms with Gasteiger partial charge >= 0.3 is 0 Å². The van der Waals surface area contributed by atoms with Crippen molar-refractivity contribution in [3.63, 3.8) is 0 Å². The average molecular weight is 284 g/mol. The number of nitrogen functional groups attached to an aromatic ring is 1. The van der Waals surface area contributed by atoms with E-state index in [-0.39, 0.29) is 5.78 Å². The molecule has 0 radical (unpaired) electrons. The summed E-state index contributed by atoms with van der Waals surface area (Å²) in [6.45, 7) is 3.49. The first kappa shape index (κ1) is 12.9. The number of nitrogens with zero attached hydrogens (tertiary/aromatic N) is 1. The minimum atomic E-state index is 0.128. The van der Waals surface area contributed by atoms with Crippen LogP contribution in [0.25, 0.3) is 11.0 Å². The van der Waals surface area contributed by atoms with E-state index in [1.807, 2.05) is 18.2 Å². The molecular formula is C17H20N2O2. The number of carbonyl (C=O) groups excluding carboxylic acids is 1. The Balaban J connectivity index is 1.53. The van der Waals surface area contributed by atoms with E-state index in [0.29, 0.717) is 23.8 Å². The van der Waals surface area contributed by atoms with Crippen LogP contribution in [-0.2, 0) is 0 Å². The molecular weight excluding hydrogens is 264 g/mol. The molecule has 0 aliphatic carbocycles. The number of piperidine rings is 3. The number of Topliss-reactive ketones (excluding diaryl/α,β-unsaturated/α-hetero) is 1. The number of anilines is 1. The third-order valence-electron chi connectivity index (χ3n) is 5.05. The van der Waals surface area contributed by atoms with Gasteiger partial charge in [0.15, 0.2) is 11.5 Å². The summed E-state index contributed by atoms with van der Waals surface area (Å²) in [5.74, 6) is 1.83. The first-order chi connectivity index (χ1) is 10.2. The Hall–Kier alpha value is -1.81. The Kier molecular flexibility index (Phi) is 3.00. The fourth-order valence-electron chi connectivity index (χ4n) is 3.86. The minimum Gasteiger partial charge on any atom is -0.453 e. The molecule has 4 heterocycles. The second kappa shape index (κ2) is 4.88. The van der Waals surface area contributed by atoms with Gasteiger partial charge in [-0.05, 0) is 62.0 Å². The molecule has 110 valence electrons. The largest absolute Gasteiger partial charge is 0.453 e. The van der Waals surface area contributed by atoms with Crippen LogP contribution >= 0.6 is 0 Å². The van der Waals surface area contributed by atoms with E-state index in [2.05, 4.69) is 4.90 Å². The van der Waals surface area contributed by atoms with Crippen molar-refractivity contribution < 1.29 is 9.21 Å². The van der Waals surface area contributed by atoms with Gasteiger partial charge < -0.3 is 15.1 Å². The summed E-state index contributed by atoms with van der Waals surface area (Å²) in [6, 6.07) is 7.31. The van der Waals surface area contributed by atoms with Crippen LogP contribution < -0.4 is 5.73 Å². The number of nitrogens with two attached hydrogens (primary N) is 1. The predicted octanol–water partition coefficient (Wildman–Crippen LogP) is 2.93. The van der Waals surface area contributed by atoms with Crippen LogP contribution in [0, 0.1) is 11.8 Å². The maximum atomic E-state index is 12.5. The Morgan fingerprint density at radius 1 is 1.29 bits per heavy atom. The van der Waals surface area contributed by atoms with Gasteiger partial charge in [0.2, 0.25) is 0 Å². The SMILES string of the molecule is Nc1ccc2oc(C(=O)C[C@H]3CN4CCC3CC4)cc2c1. The highest BCUT2D eigenvalue weighted by atomic mass is 16.3. The zero-order valence-corrected chi connectivity index (χ0v) is 12.0. The maximum absolute atomic E-state index is 12.5. The van der Waals surface area contributed by atoms with E-state index in [0.717, 1.165) is 23.4 Å². The molecule has 2 N–H and O–H groups in total. The maximum Gasteiger partial charge on any atom is 0.198 e. The highest BCUT2D eigenvalue weighted by Crippen LogP contribution is 2.35. The molecule has 1 aromatic carbocycles. The standard InChI is InChI=1S/C17H20N2O2/c18-14-1-2-16-12(7-14)9-17(21-16)15(20)8-13-10-19-5-3-11(13)4-6-19/h1-2,7,9,11,13H,3-6,8,10,18H2/t13-/m0/s1. The van der Waals surface area contributed by atoms with E-state index in [1.54, 1.807) is 6.07 Å². The van der Waals surface area contributed by atoms with Gasteiger partial charge in [0.05, 0.1) is 0 Å². The molecule has 1 aromatic heterocycles. The van der Waals surface area contributed by atoms with Crippen LogP contribution in [0.5, 0.6) is 0 Å². The number of ketones is 1. The fraction of sp³-hybridized carbons (Fsp3) is 0.471. The van der Waals surface area contributed by atoms with Gasteiger partial charge in [-0.3, -0.25) is 4.79 Å². The summed E-state index contributed by atoms with van der Waals surface area (Å²) >= 11 is 0. The van der Waals surface area contributed by atoms with E-state index >= 15 is 0 Å². The Morgan fingerprint density at radius 3 is 2.81 bits per heavy atom. The van der Waals surface area contributed by atoms with Crippen molar-refractivity contribution in [1.82, 2.24) is 4.90 Å². The summed E-state index contributed by atoms with van der Waals surface area (Å²) in [4.78, 5) is 15.0. The smallest absolute Gasteiger partial charge is 0.198 e. The number of rotatable bonds is 3. The molecule has 4 heteroatoms. The van der Waals surface area contributed by atoms with E-state index < -0.39 is 0 Å². The van der Waals surface area contributed by atoms with Crippen molar-refractivity contribution in [3.8, 4) is 0 Å². The molecule has 3 aliphatic heterocycles. The minimum absolute atomic E-state index is 0.128. The first-order valence-corrected chi connectivity index (χ1v) is 7.73. The van der Waals surface area contributed by atoms with Crippen LogP contribution in [0.3, 0.4) is 0 Å². The number of fused-ring (bicyclic) bond motifs is 4. The molecule has 4 nitrogen and oxygen atoms in total. The van der Waals surface area contributed by atoms with Crippen molar-refractivity contribution in [2.75, 3.05) is 25.4 Å². The molecule has 0 saturated carbocycles. The van der Waals surface area contributed by atoms with Crippen LogP contribution in [-0.4, -0.2) is 30.3 Å². The molecule has 0 unspecified atom stereocenters. The average Bonchev–Trinajstić information content (AvgIpc) is 2.91. The zero-order valence-electron chi connectivity index (χ0n) is 12.0. The lowest BCUT2D eigenvalue weighted by Gasteiger charge is -2.44. The molecule has 3 saturated heterocycles. The number of hydrogen-bond donors (Lipinski definition) is 1. The quantitative estimate of drug-likeness (QED) is 0.695. The van der Waals surface area contributed by atoms with Gasteiger partial charge in [0.25, 0.3) is 0 Å². The van der Waals surface area contributed by atoms with Gasteiger partial charge in [0, 0.05) is 24.0 Å². The van der Waals surface area contributed by atoms with Gasteiger partial charge in [-0.2, -0.15) is 0 Å². The van der Waals surface area contributed by atoms with Crippen LogP contribution in [0.4, 0.5) is 5.69 Å². The monoisotopic (exact) mass is 284 g/mol. The fourth-order valence-corrected chi connectivity index (χ4v) is 3.86. The molecule has 21 heavy (non-hydrogen) atoms. The third-order valence-corrected chi connectivity index (χ3v) is 5.05. The first-order valence-electron chi connectivity index (χ1n) is 7.73. The van der Waals surface area contributed by atoms with Gasteiger partial charge in [0.1, 0.15) is 5.58 Å². The van der Waals surface area contributed by atoms with Crippen LogP contribution in [0.15, 0.2) is 28.7 Å². The number of furan rings is 1. The van der Waals surface area contributed by atoms with Crippen molar-refractivity contribution in [2.45, 2.75) is 19.3 Å². The number of hydrogen-bond acceptors (Lipinski definition) is 4. The van der Waals surface area contributed by atoms with Crippen molar-refractivity contribution in [3.05, 3.63) is 30.0 Å². The van der Waals surface area contributed by atoms with Gasteiger partial charge in [-0.25, -0.2) is 0 Å². The van der Waals surface area contributed by atoms with Gasteiger partial charge in [-0.15, -0.1) is 0 Å². The molecule has 2 aromatic rings. The second-order valence-corrected chi connectivity index (χ2v) is 6.43. The Labute approximate surface area is 123 Å². The van der Waals surface area contributed by atoms with Crippen LogP contribution in [0.1, 0.15) is 29.8 Å². The summed E-state index contributed by atoms with van der Waals surface area (Å²) in [5, 5.41) is 0.910. The third kappa shape index (κ3) is 2.33. The molecule has 5 rings (SSSR count). The van der Waals surface area contributed by atoms with Crippen molar-refractivity contribution in [2.24, 2.45) is 11.8 Å². The van der Waals surface area contributed by atoms with Crippen molar-refractivity contribution in [1.29, 1.82) is 0 Å². The molecule has 3 aliphatic rings. The van der Waals surface area contributed by atoms with Crippen molar-refractivity contribution >= 4 is 22.4 Å². The molecule has 0 spiro atoms. The zero-order chi connectivity index (χ0) is 14.4. The topological polar surface area (TPSA) is 59.5 Å². The molecule has 1 atom stereocenters. The van der Waals surface area contributed by atoms with E-state index in [9.17, 15) is 4.79 Å². The highest BCUT2D eigenvalue weighted by Gasteiger charge is 2.35. The van der Waals surface area contributed by atoms with Gasteiger partial charge in [-0.1, -0.05) is 0 Å². The molecule has 3 fully saturated rings. The summed E-state index contributed by atoms with van der Waals surface area (Å²) in [5.41, 5.74) is 7.20. The molecule has 2 bridgehead atoms. The summed E-state index contributed by atoms with van der Waals surface area (Å²) in [7, 11) is 0. The highest BCUT2D eigenvalue weighted by molar-refractivity contribution is 5.98. The second-order valence-electron chi connectivity index (χ2n) is 6.43. The predicted molar refractivity (Wildman–Crippen MR) is 82.2 cm³/mol. The number of benzene rings is 1. The van der Waals surface area contributed by atoms with Crippen LogP contribution in [0.2, 0.25) is 0 Å². The normalized spacial score (nSPS) is 28.1. The Bertz CT molecular complexity index is 683. The summed E-state index contributed by atoms with van der Waals surface area (Å²) in [6.07, 6.45) is 3.10. The lowest BCUT2D eigenvalue weighted by Crippen LogP contribution is -2.47.